The molecule has 90 valence electrons. The molecule has 0 radical (unpaired) electrons. The molecule has 1 unspecified atom stereocenters. The third kappa shape index (κ3) is 5.11. The first-order chi connectivity index (χ1) is 7.77. The monoisotopic (exact) mass is 320 g/mol. The summed E-state index contributed by atoms with van der Waals surface area (Å²) in [6, 6.07) is 8.24. The minimum atomic E-state index is 0.620. The number of halogens is 2. The van der Waals surface area contributed by atoms with Crippen molar-refractivity contribution >= 4 is 39.3 Å². The lowest BCUT2D eigenvalue weighted by molar-refractivity contribution is 0.681. The van der Waals surface area contributed by atoms with Gasteiger partial charge in [0.2, 0.25) is 0 Å². The highest BCUT2D eigenvalue weighted by Gasteiger charge is 2.09. The fraction of sp³-hybridized carbons (Fsp3) is 0.538. The van der Waals surface area contributed by atoms with Crippen molar-refractivity contribution in [3.63, 3.8) is 0 Å². The summed E-state index contributed by atoms with van der Waals surface area (Å²) in [4.78, 5) is 0. The standard InChI is InChI=1S/C13H18BrClS/c1-2-16-9-3-4-12(10-14)11-5-7-13(15)8-6-11/h5-8,12H,2-4,9-10H2,1H3. The molecular weight excluding hydrogens is 304 g/mol. The van der Waals surface area contributed by atoms with Gasteiger partial charge >= 0.3 is 0 Å². The maximum Gasteiger partial charge on any atom is 0.0406 e. The zero-order chi connectivity index (χ0) is 11.8. The Morgan fingerprint density at radius 1 is 1.31 bits per heavy atom. The molecule has 1 atom stereocenters. The third-order valence-corrected chi connectivity index (χ3v) is 4.59. The van der Waals surface area contributed by atoms with E-state index in [1.807, 2.05) is 23.9 Å². The minimum Gasteiger partial charge on any atom is -0.162 e. The quantitative estimate of drug-likeness (QED) is 0.482. The van der Waals surface area contributed by atoms with Crippen LogP contribution in [0.15, 0.2) is 24.3 Å². The van der Waals surface area contributed by atoms with Gasteiger partial charge in [-0.3, -0.25) is 0 Å². The van der Waals surface area contributed by atoms with Crippen LogP contribution in [-0.4, -0.2) is 16.8 Å². The smallest absolute Gasteiger partial charge is 0.0406 e. The van der Waals surface area contributed by atoms with Gasteiger partial charge in [0, 0.05) is 10.4 Å². The van der Waals surface area contributed by atoms with Gasteiger partial charge in [-0.1, -0.05) is 46.6 Å². The molecule has 0 aliphatic heterocycles. The Hall–Kier alpha value is 0.340. The number of benzene rings is 1. The van der Waals surface area contributed by atoms with E-state index in [9.17, 15) is 0 Å². The molecule has 0 saturated heterocycles. The van der Waals surface area contributed by atoms with Gasteiger partial charge in [0.25, 0.3) is 0 Å². The highest BCUT2D eigenvalue weighted by atomic mass is 79.9. The average molecular weight is 322 g/mol. The number of hydrogen-bond acceptors (Lipinski definition) is 1. The highest BCUT2D eigenvalue weighted by molar-refractivity contribution is 9.09. The minimum absolute atomic E-state index is 0.620. The molecule has 1 rings (SSSR count). The molecule has 0 aliphatic rings. The molecule has 16 heavy (non-hydrogen) atoms. The average Bonchev–Trinajstić information content (AvgIpc) is 2.31. The van der Waals surface area contributed by atoms with E-state index in [2.05, 4.69) is 35.0 Å². The van der Waals surface area contributed by atoms with Crippen LogP contribution in [0.3, 0.4) is 0 Å². The second-order valence-electron chi connectivity index (χ2n) is 3.74. The van der Waals surface area contributed by atoms with E-state index in [1.54, 1.807) is 0 Å². The molecule has 1 aromatic carbocycles. The van der Waals surface area contributed by atoms with Crippen LogP contribution in [0.2, 0.25) is 5.02 Å². The first-order valence-corrected chi connectivity index (χ1v) is 8.32. The van der Waals surface area contributed by atoms with Gasteiger partial charge in [0.1, 0.15) is 0 Å². The predicted molar refractivity (Wildman–Crippen MR) is 80.2 cm³/mol. The van der Waals surface area contributed by atoms with Crippen LogP contribution >= 0.6 is 39.3 Å². The van der Waals surface area contributed by atoms with E-state index < -0.39 is 0 Å². The zero-order valence-corrected chi connectivity index (χ0v) is 12.7. The van der Waals surface area contributed by atoms with Crippen LogP contribution < -0.4 is 0 Å². The second kappa shape index (κ2) is 8.43. The lowest BCUT2D eigenvalue weighted by Crippen LogP contribution is -2.01. The van der Waals surface area contributed by atoms with E-state index in [-0.39, 0.29) is 0 Å². The molecule has 0 saturated carbocycles. The number of hydrogen-bond donors (Lipinski definition) is 0. The van der Waals surface area contributed by atoms with Crippen molar-refractivity contribution in [2.75, 3.05) is 16.8 Å². The summed E-state index contributed by atoms with van der Waals surface area (Å²) in [5.74, 6) is 3.11. The van der Waals surface area contributed by atoms with Gasteiger partial charge in [0.15, 0.2) is 0 Å². The summed E-state index contributed by atoms with van der Waals surface area (Å²) >= 11 is 11.5. The van der Waals surface area contributed by atoms with Crippen LogP contribution in [-0.2, 0) is 0 Å². The summed E-state index contributed by atoms with van der Waals surface area (Å²) in [6.07, 6.45) is 2.54. The molecule has 3 heteroatoms. The topological polar surface area (TPSA) is 0 Å². The van der Waals surface area contributed by atoms with Crippen LogP contribution in [0.5, 0.6) is 0 Å². The molecule has 0 aliphatic carbocycles. The number of rotatable bonds is 7. The Morgan fingerprint density at radius 3 is 2.56 bits per heavy atom. The Kier molecular flexibility index (Phi) is 7.59. The molecule has 0 amide bonds. The van der Waals surface area contributed by atoms with Crippen molar-refractivity contribution < 1.29 is 0 Å². The molecule has 0 bridgehead atoms. The van der Waals surface area contributed by atoms with Crippen LogP contribution in [0.1, 0.15) is 31.2 Å². The van der Waals surface area contributed by atoms with E-state index in [1.165, 1.54) is 29.9 Å². The van der Waals surface area contributed by atoms with E-state index in [0.717, 1.165) is 10.4 Å². The van der Waals surface area contributed by atoms with Crippen molar-refractivity contribution in [3.8, 4) is 0 Å². The van der Waals surface area contributed by atoms with Gasteiger partial charge < -0.3 is 0 Å². The molecule has 0 N–H and O–H groups in total. The Bertz CT molecular complexity index is 286. The van der Waals surface area contributed by atoms with Crippen molar-refractivity contribution in [2.24, 2.45) is 0 Å². The highest BCUT2D eigenvalue weighted by Crippen LogP contribution is 2.25. The largest absolute Gasteiger partial charge is 0.162 e. The van der Waals surface area contributed by atoms with Crippen molar-refractivity contribution in [1.29, 1.82) is 0 Å². The Balaban J connectivity index is 2.44. The molecule has 0 heterocycles. The normalized spacial score (nSPS) is 12.7. The zero-order valence-electron chi connectivity index (χ0n) is 9.59. The third-order valence-electron chi connectivity index (χ3n) is 2.57. The summed E-state index contributed by atoms with van der Waals surface area (Å²) in [5.41, 5.74) is 1.39. The fourth-order valence-electron chi connectivity index (χ4n) is 1.64. The Morgan fingerprint density at radius 2 is 2.00 bits per heavy atom. The van der Waals surface area contributed by atoms with Crippen LogP contribution in [0.25, 0.3) is 0 Å². The van der Waals surface area contributed by atoms with Crippen molar-refractivity contribution in [3.05, 3.63) is 34.9 Å². The summed E-state index contributed by atoms with van der Waals surface area (Å²) in [6.45, 7) is 2.21. The summed E-state index contributed by atoms with van der Waals surface area (Å²) in [5, 5.41) is 1.85. The lowest BCUT2D eigenvalue weighted by atomic mass is 9.97. The molecule has 0 nitrogen and oxygen atoms in total. The van der Waals surface area contributed by atoms with Gasteiger partial charge in [-0.2, -0.15) is 11.8 Å². The maximum absolute atomic E-state index is 5.89. The SMILES string of the molecule is CCSCCCC(CBr)c1ccc(Cl)cc1. The van der Waals surface area contributed by atoms with Crippen molar-refractivity contribution in [1.82, 2.24) is 0 Å². The van der Waals surface area contributed by atoms with Gasteiger partial charge in [-0.15, -0.1) is 0 Å². The molecule has 1 aromatic rings. The molecule has 0 aromatic heterocycles. The molecule has 0 fully saturated rings. The summed E-state index contributed by atoms with van der Waals surface area (Å²) in [7, 11) is 0. The van der Waals surface area contributed by atoms with E-state index in [4.69, 9.17) is 11.6 Å². The first kappa shape index (κ1) is 14.4. The predicted octanol–water partition coefficient (Wildman–Crippen LogP) is 5.35. The van der Waals surface area contributed by atoms with E-state index >= 15 is 0 Å². The maximum atomic E-state index is 5.89. The van der Waals surface area contributed by atoms with Gasteiger partial charge in [-0.05, 0) is 48.0 Å². The lowest BCUT2D eigenvalue weighted by Gasteiger charge is -2.14. The summed E-state index contributed by atoms with van der Waals surface area (Å²) < 4.78 is 0. The molecule has 0 spiro atoms. The number of thioether (sulfide) groups is 1. The fourth-order valence-corrected chi connectivity index (χ4v) is 3.13. The van der Waals surface area contributed by atoms with Crippen LogP contribution in [0.4, 0.5) is 0 Å². The van der Waals surface area contributed by atoms with Gasteiger partial charge in [0.05, 0.1) is 0 Å². The number of alkyl halides is 1. The van der Waals surface area contributed by atoms with Crippen molar-refractivity contribution in [2.45, 2.75) is 25.7 Å². The second-order valence-corrected chi connectivity index (χ2v) is 6.22. The van der Waals surface area contributed by atoms with Crippen LogP contribution in [0, 0.1) is 0 Å². The van der Waals surface area contributed by atoms with Gasteiger partial charge in [-0.25, -0.2) is 0 Å². The molecular formula is C13H18BrClS. The first-order valence-electron chi connectivity index (χ1n) is 5.67. The Labute approximate surface area is 116 Å². The van der Waals surface area contributed by atoms with E-state index in [0.29, 0.717) is 5.92 Å².